The van der Waals surface area contributed by atoms with Gasteiger partial charge >= 0.3 is 0 Å². The molecule has 0 saturated carbocycles. The first kappa shape index (κ1) is 12.9. The SMILES string of the molecule is Cc1ccc(C)c(C(=O)CN(C)C(C)C)c1. The van der Waals surface area contributed by atoms with Crippen LogP contribution in [0.1, 0.15) is 35.3 Å². The number of carbonyl (C=O) groups excluding carboxylic acids is 1. The monoisotopic (exact) mass is 219 g/mol. The minimum Gasteiger partial charge on any atom is -0.296 e. The van der Waals surface area contributed by atoms with Gasteiger partial charge < -0.3 is 0 Å². The molecule has 0 aliphatic heterocycles. The number of ketones is 1. The van der Waals surface area contributed by atoms with Crippen LogP contribution in [0, 0.1) is 13.8 Å². The highest BCUT2D eigenvalue weighted by atomic mass is 16.1. The second kappa shape index (κ2) is 5.26. The van der Waals surface area contributed by atoms with Gasteiger partial charge in [0.05, 0.1) is 6.54 Å². The zero-order chi connectivity index (χ0) is 12.3. The molecule has 1 rings (SSSR count). The Morgan fingerprint density at radius 2 is 1.94 bits per heavy atom. The number of carbonyl (C=O) groups is 1. The predicted octanol–water partition coefficient (Wildman–Crippen LogP) is 2.83. The molecule has 0 radical (unpaired) electrons. The van der Waals surface area contributed by atoms with Crippen molar-refractivity contribution in [3.63, 3.8) is 0 Å². The van der Waals surface area contributed by atoms with Gasteiger partial charge in [0.2, 0.25) is 0 Å². The van der Waals surface area contributed by atoms with Crippen LogP contribution in [0.3, 0.4) is 0 Å². The summed E-state index contributed by atoms with van der Waals surface area (Å²) < 4.78 is 0. The molecule has 88 valence electrons. The maximum Gasteiger partial charge on any atom is 0.177 e. The van der Waals surface area contributed by atoms with Gasteiger partial charge in [-0.3, -0.25) is 9.69 Å². The zero-order valence-electron chi connectivity index (χ0n) is 10.9. The van der Waals surface area contributed by atoms with Crippen molar-refractivity contribution in [2.75, 3.05) is 13.6 Å². The highest BCUT2D eigenvalue weighted by Gasteiger charge is 2.13. The van der Waals surface area contributed by atoms with E-state index < -0.39 is 0 Å². The summed E-state index contributed by atoms with van der Waals surface area (Å²) in [4.78, 5) is 14.2. The van der Waals surface area contributed by atoms with Crippen LogP contribution in [0.5, 0.6) is 0 Å². The fourth-order valence-electron chi connectivity index (χ4n) is 1.53. The topological polar surface area (TPSA) is 20.3 Å². The van der Waals surface area contributed by atoms with Gasteiger partial charge in [0.25, 0.3) is 0 Å². The number of nitrogens with zero attached hydrogens (tertiary/aromatic N) is 1. The number of hydrogen-bond donors (Lipinski definition) is 0. The molecular weight excluding hydrogens is 198 g/mol. The van der Waals surface area contributed by atoms with Gasteiger partial charge in [-0.15, -0.1) is 0 Å². The van der Waals surface area contributed by atoms with E-state index in [4.69, 9.17) is 0 Å². The summed E-state index contributed by atoms with van der Waals surface area (Å²) in [6, 6.07) is 6.43. The molecule has 2 heteroatoms. The van der Waals surface area contributed by atoms with Crippen LogP contribution in [0.2, 0.25) is 0 Å². The first-order valence-corrected chi connectivity index (χ1v) is 5.72. The fraction of sp³-hybridized carbons (Fsp3) is 0.500. The molecule has 16 heavy (non-hydrogen) atoms. The number of likely N-dealkylation sites (N-methyl/N-ethyl adjacent to an activating group) is 1. The number of Topliss-reactive ketones (excluding diaryl/α,β-unsaturated/α-hetero) is 1. The minimum absolute atomic E-state index is 0.206. The third-order valence-corrected chi connectivity index (χ3v) is 2.97. The average Bonchev–Trinajstić information content (AvgIpc) is 2.21. The van der Waals surface area contributed by atoms with Crippen molar-refractivity contribution >= 4 is 5.78 Å². The Labute approximate surface area is 98.3 Å². The van der Waals surface area contributed by atoms with Crippen molar-refractivity contribution < 1.29 is 4.79 Å². The van der Waals surface area contributed by atoms with E-state index in [2.05, 4.69) is 18.7 Å². The van der Waals surface area contributed by atoms with Crippen molar-refractivity contribution in [1.29, 1.82) is 0 Å². The molecule has 0 fully saturated rings. The quantitative estimate of drug-likeness (QED) is 0.726. The van der Waals surface area contributed by atoms with Gasteiger partial charge in [-0.05, 0) is 46.4 Å². The van der Waals surface area contributed by atoms with Crippen LogP contribution in [0.25, 0.3) is 0 Å². The summed E-state index contributed by atoms with van der Waals surface area (Å²) in [5.41, 5.74) is 3.06. The molecule has 2 nitrogen and oxygen atoms in total. The fourth-order valence-corrected chi connectivity index (χ4v) is 1.53. The zero-order valence-corrected chi connectivity index (χ0v) is 10.9. The summed E-state index contributed by atoms with van der Waals surface area (Å²) in [5, 5.41) is 0. The van der Waals surface area contributed by atoms with Crippen molar-refractivity contribution in [2.45, 2.75) is 33.7 Å². The molecule has 0 aliphatic rings. The van der Waals surface area contributed by atoms with E-state index in [0.29, 0.717) is 12.6 Å². The Bertz CT molecular complexity index is 382. The van der Waals surface area contributed by atoms with Gasteiger partial charge in [0.1, 0.15) is 0 Å². The first-order valence-electron chi connectivity index (χ1n) is 5.72. The average molecular weight is 219 g/mol. The van der Waals surface area contributed by atoms with Crippen LogP contribution < -0.4 is 0 Å². The Morgan fingerprint density at radius 3 is 2.50 bits per heavy atom. The van der Waals surface area contributed by atoms with Crippen molar-refractivity contribution in [3.8, 4) is 0 Å². The van der Waals surface area contributed by atoms with Crippen molar-refractivity contribution in [2.24, 2.45) is 0 Å². The second-order valence-electron chi connectivity index (χ2n) is 4.75. The lowest BCUT2D eigenvalue weighted by molar-refractivity contribution is 0.0929. The molecule has 0 spiro atoms. The van der Waals surface area contributed by atoms with E-state index in [1.807, 2.05) is 39.1 Å². The standard InChI is InChI=1S/C14H21NO/c1-10(2)15(5)9-14(16)13-8-11(3)6-7-12(13)4/h6-8,10H,9H2,1-5H3. The highest BCUT2D eigenvalue weighted by molar-refractivity contribution is 5.99. The summed E-state index contributed by atoms with van der Waals surface area (Å²) in [5.74, 6) is 0.206. The molecule has 0 aliphatic carbocycles. The van der Waals surface area contributed by atoms with E-state index in [0.717, 1.165) is 16.7 Å². The molecule has 0 unspecified atom stereocenters. The van der Waals surface area contributed by atoms with Gasteiger partial charge in [-0.1, -0.05) is 17.7 Å². The number of hydrogen-bond acceptors (Lipinski definition) is 2. The van der Waals surface area contributed by atoms with E-state index in [1.165, 1.54) is 0 Å². The Hall–Kier alpha value is -1.15. The van der Waals surface area contributed by atoms with E-state index in [-0.39, 0.29) is 5.78 Å². The maximum absolute atomic E-state index is 12.1. The first-order chi connectivity index (χ1) is 7.41. The largest absolute Gasteiger partial charge is 0.296 e. The third-order valence-electron chi connectivity index (χ3n) is 2.97. The van der Waals surface area contributed by atoms with E-state index >= 15 is 0 Å². The van der Waals surface area contributed by atoms with E-state index in [9.17, 15) is 4.79 Å². The summed E-state index contributed by atoms with van der Waals surface area (Å²) in [6.07, 6.45) is 0. The lowest BCUT2D eigenvalue weighted by Gasteiger charge is -2.20. The maximum atomic E-state index is 12.1. The lowest BCUT2D eigenvalue weighted by atomic mass is 10.0. The van der Waals surface area contributed by atoms with Gasteiger partial charge in [0.15, 0.2) is 5.78 Å². The van der Waals surface area contributed by atoms with Crippen molar-refractivity contribution in [1.82, 2.24) is 4.90 Å². The summed E-state index contributed by atoms with van der Waals surface area (Å²) >= 11 is 0. The van der Waals surface area contributed by atoms with E-state index in [1.54, 1.807) is 0 Å². The number of benzene rings is 1. The molecule has 1 aromatic rings. The molecule has 0 N–H and O–H groups in total. The lowest BCUT2D eigenvalue weighted by Crippen LogP contribution is -2.32. The van der Waals surface area contributed by atoms with Gasteiger partial charge in [-0.2, -0.15) is 0 Å². The molecular formula is C14H21NO. The molecule has 0 amide bonds. The second-order valence-corrected chi connectivity index (χ2v) is 4.75. The Morgan fingerprint density at radius 1 is 1.31 bits per heavy atom. The molecule has 0 aromatic heterocycles. The van der Waals surface area contributed by atoms with Crippen LogP contribution >= 0.6 is 0 Å². The molecule has 0 saturated heterocycles. The van der Waals surface area contributed by atoms with Crippen LogP contribution in [-0.4, -0.2) is 30.3 Å². The van der Waals surface area contributed by atoms with Crippen LogP contribution in [-0.2, 0) is 0 Å². The Kier molecular flexibility index (Phi) is 4.25. The molecule has 0 heterocycles. The Balaban J connectivity index is 2.84. The van der Waals surface area contributed by atoms with Crippen molar-refractivity contribution in [3.05, 3.63) is 34.9 Å². The number of rotatable bonds is 4. The normalized spacial score (nSPS) is 11.2. The molecule has 0 atom stereocenters. The summed E-state index contributed by atoms with van der Waals surface area (Å²) in [7, 11) is 1.98. The highest BCUT2D eigenvalue weighted by Crippen LogP contribution is 2.12. The third kappa shape index (κ3) is 3.17. The number of aryl methyl sites for hydroxylation is 2. The predicted molar refractivity (Wildman–Crippen MR) is 68.0 cm³/mol. The van der Waals surface area contributed by atoms with Gasteiger partial charge in [-0.25, -0.2) is 0 Å². The van der Waals surface area contributed by atoms with Crippen LogP contribution in [0.15, 0.2) is 18.2 Å². The smallest absolute Gasteiger partial charge is 0.177 e. The molecule has 0 bridgehead atoms. The summed E-state index contributed by atoms with van der Waals surface area (Å²) in [6.45, 7) is 8.68. The van der Waals surface area contributed by atoms with Gasteiger partial charge in [0, 0.05) is 11.6 Å². The minimum atomic E-state index is 0.206. The van der Waals surface area contributed by atoms with Crippen LogP contribution in [0.4, 0.5) is 0 Å². The molecule has 1 aromatic carbocycles.